The highest BCUT2D eigenvalue weighted by Gasteiger charge is 2.42. The highest BCUT2D eigenvalue weighted by molar-refractivity contribution is 7.10. The monoisotopic (exact) mass is 511 g/mol. The van der Waals surface area contributed by atoms with Gasteiger partial charge in [-0.2, -0.15) is 0 Å². The van der Waals surface area contributed by atoms with Crippen molar-refractivity contribution in [3.63, 3.8) is 0 Å². The standard InChI is InChI=1S/C27H37N5O3S/c1-4-18(2)24(33)28-22(19-12-7-5-8-13-19)26(35)32-17-11-16-21(32)25(34)31(3)27-23(29-30-36-27)20-14-9-6-10-15-20/h6,9-10,14-15,18-19,21-22H,4-5,7-8,11-13,16-17H2,1-3H3,(H,28,33)/t18-,21+,22+/m1/s1. The van der Waals surface area contributed by atoms with Crippen molar-refractivity contribution in [2.45, 2.75) is 77.3 Å². The maximum atomic E-state index is 13.9. The van der Waals surface area contributed by atoms with Gasteiger partial charge in [0, 0.05) is 36.6 Å². The molecular weight excluding hydrogens is 474 g/mol. The van der Waals surface area contributed by atoms with Crippen molar-refractivity contribution in [2.24, 2.45) is 11.8 Å². The van der Waals surface area contributed by atoms with Gasteiger partial charge >= 0.3 is 0 Å². The van der Waals surface area contributed by atoms with E-state index in [4.69, 9.17) is 0 Å². The Balaban J connectivity index is 1.54. The molecule has 194 valence electrons. The third-order valence-corrected chi connectivity index (χ3v) is 8.52. The summed E-state index contributed by atoms with van der Waals surface area (Å²) in [7, 11) is 1.73. The number of rotatable bonds is 8. The van der Waals surface area contributed by atoms with Crippen LogP contribution in [0, 0.1) is 11.8 Å². The summed E-state index contributed by atoms with van der Waals surface area (Å²) in [5.74, 6) is -0.373. The Bertz CT molecular complexity index is 1050. The topological polar surface area (TPSA) is 95.5 Å². The van der Waals surface area contributed by atoms with Gasteiger partial charge in [0.2, 0.25) is 17.7 Å². The highest BCUT2D eigenvalue weighted by atomic mass is 32.1. The van der Waals surface area contributed by atoms with Crippen LogP contribution in [0.1, 0.15) is 65.2 Å². The molecule has 8 nitrogen and oxygen atoms in total. The summed E-state index contributed by atoms with van der Waals surface area (Å²) in [6, 6.07) is 8.54. The second kappa shape index (κ2) is 12.0. The van der Waals surface area contributed by atoms with Crippen molar-refractivity contribution in [1.82, 2.24) is 19.8 Å². The van der Waals surface area contributed by atoms with E-state index < -0.39 is 12.1 Å². The second-order valence-electron chi connectivity index (χ2n) is 10.1. The fraction of sp³-hybridized carbons (Fsp3) is 0.593. The van der Waals surface area contributed by atoms with Crippen molar-refractivity contribution in [3.05, 3.63) is 30.3 Å². The molecule has 3 atom stereocenters. The van der Waals surface area contributed by atoms with E-state index in [9.17, 15) is 14.4 Å². The molecule has 0 bridgehead atoms. The van der Waals surface area contributed by atoms with Gasteiger partial charge in [0.25, 0.3) is 0 Å². The van der Waals surface area contributed by atoms with Gasteiger partial charge < -0.3 is 15.1 Å². The van der Waals surface area contributed by atoms with Gasteiger partial charge in [-0.1, -0.05) is 67.9 Å². The Morgan fingerprint density at radius 3 is 2.53 bits per heavy atom. The minimum atomic E-state index is -0.574. The lowest BCUT2D eigenvalue weighted by Crippen LogP contribution is -2.57. The molecule has 9 heteroatoms. The molecule has 0 radical (unpaired) electrons. The smallest absolute Gasteiger partial charge is 0.250 e. The zero-order valence-corrected chi connectivity index (χ0v) is 22.3. The van der Waals surface area contributed by atoms with Crippen molar-refractivity contribution in [1.29, 1.82) is 0 Å². The van der Waals surface area contributed by atoms with Crippen molar-refractivity contribution in [2.75, 3.05) is 18.5 Å². The molecule has 1 aliphatic heterocycles. The van der Waals surface area contributed by atoms with E-state index in [0.29, 0.717) is 23.7 Å². The molecule has 2 aromatic rings. The quantitative estimate of drug-likeness (QED) is 0.571. The van der Waals surface area contributed by atoms with Crippen molar-refractivity contribution >= 4 is 34.3 Å². The van der Waals surface area contributed by atoms with Crippen molar-refractivity contribution in [3.8, 4) is 11.3 Å². The molecule has 0 unspecified atom stereocenters. The van der Waals surface area contributed by atoms with E-state index in [1.165, 1.54) is 18.0 Å². The van der Waals surface area contributed by atoms with Crippen LogP contribution in [0.5, 0.6) is 0 Å². The van der Waals surface area contributed by atoms with E-state index in [1.807, 2.05) is 44.2 Å². The molecule has 1 N–H and O–H groups in total. The number of likely N-dealkylation sites (tertiary alicyclic amines) is 1. The summed E-state index contributed by atoms with van der Waals surface area (Å²) in [6.07, 6.45) is 7.25. The fourth-order valence-electron chi connectivity index (χ4n) is 5.30. The summed E-state index contributed by atoms with van der Waals surface area (Å²) in [5.41, 5.74) is 1.55. The van der Waals surface area contributed by atoms with Crippen LogP contribution in [0.25, 0.3) is 11.3 Å². The number of anilines is 1. The number of nitrogens with zero attached hydrogens (tertiary/aromatic N) is 4. The number of likely N-dealkylation sites (N-methyl/N-ethyl adjacent to an activating group) is 1. The second-order valence-corrected chi connectivity index (χ2v) is 10.8. The molecule has 2 fully saturated rings. The predicted molar refractivity (Wildman–Crippen MR) is 141 cm³/mol. The summed E-state index contributed by atoms with van der Waals surface area (Å²) < 4.78 is 4.10. The lowest BCUT2D eigenvalue weighted by molar-refractivity contribution is -0.142. The molecule has 2 aliphatic rings. The van der Waals surface area contributed by atoms with Crippen molar-refractivity contribution < 1.29 is 14.4 Å². The third kappa shape index (κ3) is 5.61. The van der Waals surface area contributed by atoms with Gasteiger partial charge in [-0.25, -0.2) is 0 Å². The van der Waals surface area contributed by atoms with E-state index in [2.05, 4.69) is 14.9 Å². The average Bonchev–Trinajstić information content (AvgIpc) is 3.61. The van der Waals surface area contributed by atoms with Gasteiger partial charge in [-0.15, -0.1) is 5.10 Å². The van der Waals surface area contributed by atoms with E-state index in [0.717, 1.165) is 44.1 Å². The Morgan fingerprint density at radius 1 is 1.11 bits per heavy atom. The number of hydrogen-bond acceptors (Lipinski definition) is 6. The number of amides is 3. The Kier molecular flexibility index (Phi) is 8.72. The SMILES string of the molecule is CC[C@@H](C)C(=O)N[C@H](C(=O)N1CCC[C@H]1C(=O)N(C)c1snnc1-c1ccccc1)C1CCCCC1. The first kappa shape index (κ1) is 26.3. The van der Waals surface area contributed by atoms with E-state index in [1.54, 1.807) is 16.8 Å². The number of nitrogens with one attached hydrogen (secondary N) is 1. The lowest BCUT2D eigenvalue weighted by Gasteiger charge is -2.35. The number of aromatic nitrogens is 2. The van der Waals surface area contributed by atoms with Crippen LogP contribution in [0.15, 0.2) is 30.3 Å². The zero-order chi connectivity index (χ0) is 25.7. The number of hydrogen-bond donors (Lipinski definition) is 1. The summed E-state index contributed by atoms with van der Waals surface area (Å²) in [4.78, 5) is 43.8. The molecule has 1 aromatic heterocycles. The minimum Gasteiger partial charge on any atom is -0.344 e. The largest absolute Gasteiger partial charge is 0.344 e. The molecule has 1 aromatic carbocycles. The van der Waals surface area contributed by atoms with Gasteiger partial charge in [-0.05, 0) is 38.0 Å². The summed E-state index contributed by atoms with van der Waals surface area (Å²) in [5, 5.41) is 8.02. The molecule has 1 saturated carbocycles. The van der Waals surface area contributed by atoms with Crippen LogP contribution in [0.4, 0.5) is 5.00 Å². The van der Waals surface area contributed by atoms with E-state index >= 15 is 0 Å². The van der Waals surface area contributed by atoms with Crippen LogP contribution in [0.2, 0.25) is 0 Å². The fourth-order valence-corrected chi connectivity index (χ4v) is 5.96. The minimum absolute atomic E-state index is 0.0798. The number of benzene rings is 1. The Labute approximate surface area is 217 Å². The van der Waals surface area contributed by atoms with Crippen LogP contribution in [-0.4, -0.2) is 57.9 Å². The third-order valence-electron chi connectivity index (χ3n) is 7.72. The molecule has 36 heavy (non-hydrogen) atoms. The molecular formula is C27H37N5O3S. The lowest BCUT2D eigenvalue weighted by atomic mass is 9.83. The van der Waals surface area contributed by atoms with Gasteiger partial charge in [-0.3, -0.25) is 14.4 Å². The molecule has 1 saturated heterocycles. The van der Waals surface area contributed by atoms with Crippen LogP contribution < -0.4 is 10.2 Å². The first-order valence-corrected chi connectivity index (χ1v) is 14.0. The maximum Gasteiger partial charge on any atom is 0.250 e. The average molecular weight is 512 g/mol. The first-order chi connectivity index (χ1) is 17.4. The van der Waals surface area contributed by atoms with Gasteiger partial charge in [0.15, 0.2) is 0 Å². The zero-order valence-electron chi connectivity index (χ0n) is 21.5. The Morgan fingerprint density at radius 2 is 1.83 bits per heavy atom. The van der Waals surface area contributed by atoms with Crippen LogP contribution in [-0.2, 0) is 14.4 Å². The molecule has 4 rings (SSSR count). The molecule has 2 heterocycles. The normalized spacial score (nSPS) is 20.1. The maximum absolute atomic E-state index is 13.9. The molecule has 1 aliphatic carbocycles. The highest BCUT2D eigenvalue weighted by Crippen LogP contribution is 2.34. The van der Waals surface area contributed by atoms with Crippen LogP contribution in [0.3, 0.4) is 0 Å². The predicted octanol–water partition coefficient (Wildman–Crippen LogP) is 4.27. The Hall–Kier alpha value is -2.81. The first-order valence-electron chi connectivity index (χ1n) is 13.2. The summed E-state index contributed by atoms with van der Waals surface area (Å²) >= 11 is 1.18. The van der Waals surface area contributed by atoms with Gasteiger partial charge in [0.05, 0.1) is 0 Å². The summed E-state index contributed by atoms with van der Waals surface area (Å²) in [6.45, 7) is 4.39. The molecule has 3 amide bonds. The van der Waals surface area contributed by atoms with Gasteiger partial charge in [0.1, 0.15) is 22.8 Å². The number of carbonyl (C=O) groups is 3. The van der Waals surface area contributed by atoms with E-state index in [-0.39, 0.29) is 29.6 Å². The van der Waals surface area contributed by atoms with Crippen LogP contribution >= 0.6 is 11.5 Å². The number of carbonyl (C=O) groups excluding carboxylic acids is 3. The molecule has 0 spiro atoms.